The Labute approximate surface area is 82.7 Å². The van der Waals surface area contributed by atoms with Crippen LogP contribution in [-0.2, 0) is 4.79 Å². The van der Waals surface area contributed by atoms with Crippen molar-refractivity contribution in [1.29, 1.82) is 0 Å². The van der Waals surface area contributed by atoms with Crippen molar-refractivity contribution >= 4 is 35.5 Å². The van der Waals surface area contributed by atoms with E-state index < -0.39 is 0 Å². The van der Waals surface area contributed by atoms with Gasteiger partial charge >= 0.3 is 0 Å². The second-order valence-electron chi connectivity index (χ2n) is 2.21. The number of carbonyl (C=O) groups is 1. The molecule has 0 aliphatic carbocycles. The van der Waals surface area contributed by atoms with Gasteiger partial charge in [0.25, 0.3) is 0 Å². The first kappa shape index (κ1) is 10.4. The van der Waals surface area contributed by atoms with Crippen LogP contribution < -0.4 is 0 Å². The summed E-state index contributed by atoms with van der Waals surface area (Å²) in [5, 5.41) is 8.45. The first-order valence-electron chi connectivity index (χ1n) is 3.23. The average Bonchev–Trinajstić information content (AvgIpc) is 2.18. The van der Waals surface area contributed by atoms with Crippen LogP contribution in [0.4, 0.5) is 0 Å². The SMILES string of the molecule is O=C1CCCN1CCO.[Na]. The number of β-amino-alcohol motifs (C(OH)–C–C–N with tert-alkyl or cyclic N) is 1. The standard InChI is InChI=1S/C6H11NO2.Na/c8-5-4-7-3-1-2-6(7)9;/h8H,1-5H2;. The molecule has 1 amide bonds. The summed E-state index contributed by atoms with van der Waals surface area (Å²) in [7, 11) is 0. The van der Waals surface area contributed by atoms with E-state index >= 15 is 0 Å². The molecule has 1 saturated heterocycles. The molecule has 0 spiro atoms. The first-order chi connectivity index (χ1) is 4.34. The zero-order chi connectivity index (χ0) is 6.69. The Morgan fingerprint density at radius 3 is 2.70 bits per heavy atom. The summed E-state index contributed by atoms with van der Waals surface area (Å²) in [4.78, 5) is 12.5. The molecule has 1 aliphatic rings. The van der Waals surface area contributed by atoms with Gasteiger partial charge in [-0.3, -0.25) is 4.79 Å². The van der Waals surface area contributed by atoms with Gasteiger partial charge in [-0.2, -0.15) is 0 Å². The van der Waals surface area contributed by atoms with Gasteiger partial charge in [-0.1, -0.05) is 0 Å². The van der Waals surface area contributed by atoms with E-state index in [1.165, 1.54) is 0 Å². The Balaban J connectivity index is 0.000000810. The van der Waals surface area contributed by atoms with Gasteiger partial charge in [-0.05, 0) is 6.42 Å². The fourth-order valence-electron chi connectivity index (χ4n) is 1.06. The van der Waals surface area contributed by atoms with Crippen LogP contribution in [0.5, 0.6) is 0 Å². The third kappa shape index (κ3) is 2.58. The third-order valence-corrected chi connectivity index (χ3v) is 1.54. The van der Waals surface area contributed by atoms with Crippen LogP contribution >= 0.6 is 0 Å². The summed E-state index contributed by atoms with van der Waals surface area (Å²) in [6.07, 6.45) is 1.62. The maximum Gasteiger partial charge on any atom is 0.222 e. The van der Waals surface area contributed by atoms with Crippen LogP contribution in [0.3, 0.4) is 0 Å². The molecule has 10 heavy (non-hydrogen) atoms. The second kappa shape index (κ2) is 5.13. The van der Waals surface area contributed by atoms with E-state index in [9.17, 15) is 4.79 Å². The number of aliphatic hydroxyl groups is 1. The van der Waals surface area contributed by atoms with Gasteiger partial charge in [0.2, 0.25) is 5.91 Å². The molecule has 4 heteroatoms. The summed E-state index contributed by atoms with van der Waals surface area (Å²) in [5.41, 5.74) is 0. The van der Waals surface area contributed by atoms with Crippen molar-refractivity contribution in [3.8, 4) is 0 Å². The van der Waals surface area contributed by atoms with Crippen molar-refractivity contribution in [2.24, 2.45) is 0 Å². The first-order valence-corrected chi connectivity index (χ1v) is 3.23. The van der Waals surface area contributed by atoms with Crippen molar-refractivity contribution in [1.82, 2.24) is 4.90 Å². The molecule has 0 aromatic rings. The largest absolute Gasteiger partial charge is 0.395 e. The molecule has 0 bridgehead atoms. The van der Waals surface area contributed by atoms with E-state index in [0.717, 1.165) is 13.0 Å². The van der Waals surface area contributed by atoms with Gasteiger partial charge in [-0.15, -0.1) is 0 Å². The maximum absolute atomic E-state index is 10.8. The molecule has 0 unspecified atom stereocenters. The minimum atomic E-state index is 0. The van der Waals surface area contributed by atoms with Crippen LogP contribution in [0.1, 0.15) is 12.8 Å². The number of rotatable bonds is 2. The number of hydrogen-bond acceptors (Lipinski definition) is 2. The van der Waals surface area contributed by atoms with Crippen LogP contribution in [0.2, 0.25) is 0 Å². The van der Waals surface area contributed by atoms with Gasteiger partial charge in [0.15, 0.2) is 0 Å². The monoisotopic (exact) mass is 152 g/mol. The van der Waals surface area contributed by atoms with E-state index in [-0.39, 0.29) is 42.1 Å². The summed E-state index contributed by atoms with van der Waals surface area (Å²) in [6, 6.07) is 0. The van der Waals surface area contributed by atoms with Crippen molar-refractivity contribution < 1.29 is 9.90 Å². The minimum Gasteiger partial charge on any atom is -0.395 e. The van der Waals surface area contributed by atoms with Gasteiger partial charge in [0.1, 0.15) is 0 Å². The zero-order valence-electron chi connectivity index (χ0n) is 6.34. The summed E-state index contributed by atoms with van der Waals surface area (Å²) < 4.78 is 0. The van der Waals surface area contributed by atoms with Gasteiger partial charge in [0.05, 0.1) is 6.61 Å². The molecule has 0 aromatic carbocycles. The number of hydrogen-bond donors (Lipinski definition) is 1. The zero-order valence-corrected chi connectivity index (χ0v) is 8.34. The summed E-state index contributed by atoms with van der Waals surface area (Å²) >= 11 is 0. The van der Waals surface area contributed by atoms with Crippen molar-refractivity contribution in [2.45, 2.75) is 12.8 Å². The molecular formula is C6H11NNaO2. The van der Waals surface area contributed by atoms with Crippen LogP contribution in [0.15, 0.2) is 0 Å². The number of aliphatic hydroxyl groups excluding tert-OH is 1. The average molecular weight is 152 g/mol. The molecular weight excluding hydrogens is 141 g/mol. The van der Waals surface area contributed by atoms with Crippen LogP contribution in [0.25, 0.3) is 0 Å². The summed E-state index contributed by atoms with van der Waals surface area (Å²) in [5.74, 6) is 0.184. The quantitative estimate of drug-likeness (QED) is 0.527. The van der Waals surface area contributed by atoms with Crippen LogP contribution in [0, 0.1) is 0 Å². The van der Waals surface area contributed by atoms with E-state index in [2.05, 4.69) is 0 Å². The maximum atomic E-state index is 10.8. The van der Waals surface area contributed by atoms with Gasteiger partial charge < -0.3 is 10.0 Å². The second-order valence-corrected chi connectivity index (χ2v) is 2.21. The Morgan fingerprint density at radius 2 is 2.30 bits per heavy atom. The van der Waals surface area contributed by atoms with Crippen molar-refractivity contribution in [3.05, 3.63) is 0 Å². The fourth-order valence-corrected chi connectivity index (χ4v) is 1.06. The third-order valence-electron chi connectivity index (χ3n) is 1.54. The molecule has 1 rings (SSSR count). The van der Waals surface area contributed by atoms with Crippen molar-refractivity contribution in [2.75, 3.05) is 19.7 Å². The normalized spacial score (nSPS) is 17.3. The Bertz CT molecular complexity index is 118. The molecule has 3 nitrogen and oxygen atoms in total. The molecule has 0 saturated carbocycles. The van der Waals surface area contributed by atoms with E-state index in [1.807, 2.05) is 0 Å². The molecule has 1 aliphatic heterocycles. The van der Waals surface area contributed by atoms with Crippen molar-refractivity contribution in [3.63, 3.8) is 0 Å². The predicted molar refractivity (Wildman–Crippen MR) is 38.7 cm³/mol. The molecule has 0 atom stereocenters. The number of carbonyl (C=O) groups excluding carboxylic acids is 1. The topological polar surface area (TPSA) is 40.5 Å². The fraction of sp³-hybridized carbons (Fsp3) is 0.833. The molecule has 1 N–H and O–H groups in total. The number of nitrogens with zero attached hydrogens (tertiary/aromatic N) is 1. The smallest absolute Gasteiger partial charge is 0.222 e. The molecule has 53 valence electrons. The van der Waals surface area contributed by atoms with Gasteiger partial charge in [-0.25, -0.2) is 0 Å². The number of likely N-dealkylation sites (tertiary alicyclic amines) is 1. The molecule has 1 radical (unpaired) electrons. The van der Waals surface area contributed by atoms with E-state index in [1.54, 1.807) is 4.90 Å². The Hall–Kier alpha value is 0.430. The minimum absolute atomic E-state index is 0. The Morgan fingerprint density at radius 1 is 1.60 bits per heavy atom. The van der Waals surface area contributed by atoms with E-state index in [0.29, 0.717) is 13.0 Å². The predicted octanol–water partition coefficient (Wildman–Crippen LogP) is -0.780. The van der Waals surface area contributed by atoms with Crippen LogP contribution in [-0.4, -0.2) is 65.2 Å². The van der Waals surface area contributed by atoms with Gasteiger partial charge in [0, 0.05) is 49.1 Å². The molecule has 0 aromatic heterocycles. The molecule has 1 heterocycles. The van der Waals surface area contributed by atoms with E-state index in [4.69, 9.17) is 5.11 Å². The Kier molecular flexibility index (Phi) is 5.35. The number of amides is 1. The summed E-state index contributed by atoms with van der Waals surface area (Å²) in [6.45, 7) is 1.43. The molecule has 1 fully saturated rings.